The van der Waals surface area contributed by atoms with E-state index in [9.17, 15) is 9.59 Å². The molecule has 6 heteroatoms. The molecular weight excluding hydrogens is 340 g/mol. The Balaban J connectivity index is 1.65. The van der Waals surface area contributed by atoms with Crippen LogP contribution in [-0.4, -0.2) is 32.4 Å². The van der Waals surface area contributed by atoms with E-state index in [-0.39, 0.29) is 11.5 Å². The Morgan fingerprint density at radius 1 is 1.04 bits per heavy atom. The SMILES string of the molecule is CN(Cc1cccc2ncccc12)C(=O)c1ccc2c(=O)n(C)cnc2c1. The molecule has 0 aliphatic rings. The molecular formula is C21H18N4O2. The average Bonchev–Trinajstić information content (AvgIpc) is 2.70. The lowest BCUT2D eigenvalue weighted by molar-refractivity contribution is 0.0786. The number of hydrogen-bond acceptors (Lipinski definition) is 4. The number of amides is 1. The Labute approximate surface area is 155 Å². The van der Waals surface area contributed by atoms with Gasteiger partial charge in [0.2, 0.25) is 0 Å². The molecule has 0 N–H and O–H groups in total. The second kappa shape index (κ2) is 6.64. The van der Waals surface area contributed by atoms with Crippen LogP contribution in [0.1, 0.15) is 15.9 Å². The van der Waals surface area contributed by atoms with Gasteiger partial charge in [-0.1, -0.05) is 18.2 Å². The summed E-state index contributed by atoms with van der Waals surface area (Å²) in [4.78, 5) is 35.3. The van der Waals surface area contributed by atoms with Crippen LogP contribution < -0.4 is 5.56 Å². The lowest BCUT2D eigenvalue weighted by Crippen LogP contribution is -2.26. The molecule has 4 rings (SSSR count). The van der Waals surface area contributed by atoms with Crippen LogP contribution in [0.4, 0.5) is 0 Å². The Hall–Kier alpha value is -3.54. The van der Waals surface area contributed by atoms with Gasteiger partial charge in [-0.2, -0.15) is 0 Å². The first-order valence-electron chi connectivity index (χ1n) is 8.58. The van der Waals surface area contributed by atoms with Gasteiger partial charge in [0.1, 0.15) is 0 Å². The number of carbonyl (C=O) groups excluding carboxylic acids is 1. The van der Waals surface area contributed by atoms with Crippen LogP contribution in [0.15, 0.2) is 65.8 Å². The summed E-state index contributed by atoms with van der Waals surface area (Å²) in [7, 11) is 3.42. The Bertz CT molecular complexity index is 1220. The third kappa shape index (κ3) is 3.06. The number of pyridine rings is 1. The zero-order valence-corrected chi connectivity index (χ0v) is 15.1. The number of fused-ring (bicyclic) bond motifs is 2. The van der Waals surface area contributed by atoms with Crippen molar-refractivity contribution in [1.82, 2.24) is 19.4 Å². The minimum atomic E-state index is -0.129. The summed E-state index contributed by atoms with van der Waals surface area (Å²) < 4.78 is 1.42. The lowest BCUT2D eigenvalue weighted by atomic mass is 10.1. The fraction of sp³-hybridized carbons (Fsp3) is 0.143. The fourth-order valence-corrected chi connectivity index (χ4v) is 3.20. The highest BCUT2D eigenvalue weighted by Crippen LogP contribution is 2.19. The van der Waals surface area contributed by atoms with E-state index >= 15 is 0 Å². The Morgan fingerprint density at radius 3 is 2.74 bits per heavy atom. The van der Waals surface area contributed by atoms with Crippen LogP contribution in [0.2, 0.25) is 0 Å². The van der Waals surface area contributed by atoms with E-state index in [1.54, 1.807) is 43.4 Å². The maximum atomic E-state index is 12.9. The summed E-state index contributed by atoms with van der Waals surface area (Å²) >= 11 is 0. The van der Waals surface area contributed by atoms with Crippen molar-refractivity contribution in [3.63, 3.8) is 0 Å². The van der Waals surface area contributed by atoms with Crippen molar-refractivity contribution in [3.05, 3.63) is 82.5 Å². The number of rotatable bonds is 3. The van der Waals surface area contributed by atoms with Crippen molar-refractivity contribution in [2.45, 2.75) is 6.54 Å². The highest BCUT2D eigenvalue weighted by Gasteiger charge is 2.15. The highest BCUT2D eigenvalue weighted by molar-refractivity contribution is 5.97. The molecule has 2 aromatic heterocycles. The second-order valence-corrected chi connectivity index (χ2v) is 6.54. The van der Waals surface area contributed by atoms with Gasteiger partial charge in [-0.15, -0.1) is 0 Å². The van der Waals surface area contributed by atoms with Gasteiger partial charge in [0, 0.05) is 37.8 Å². The van der Waals surface area contributed by atoms with Crippen LogP contribution in [0, 0.1) is 0 Å². The van der Waals surface area contributed by atoms with Crippen LogP contribution in [0.25, 0.3) is 21.8 Å². The van der Waals surface area contributed by atoms with Gasteiger partial charge in [0.25, 0.3) is 11.5 Å². The maximum absolute atomic E-state index is 12.9. The first kappa shape index (κ1) is 16.9. The van der Waals surface area contributed by atoms with Crippen molar-refractivity contribution < 1.29 is 4.79 Å². The van der Waals surface area contributed by atoms with E-state index < -0.39 is 0 Å². The number of aromatic nitrogens is 3. The Morgan fingerprint density at radius 2 is 1.89 bits per heavy atom. The lowest BCUT2D eigenvalue weighted by Gasteiger charge is -2.18. The molecule has 4 aromatic rings. The number of nitrogens with zero attached hydrogens (tertiary/aromatic N) is 4. The van der Waals surface area contributed by atoms with Gasteiger partial charge in [-0.3, -0.25) is 14.6 Å². The van der Waals surface area contributed by atoms with Gasteiger partial charge >= 0.3 is 0 Å². The van der Waals surface area contributed by atoms with E-state index in [2.05, 4.69) is 9.97 Å². The summed E-state index contributed by atoms with van der Waals surface area (Å²) in [6.45, 7) is 0.462. The molecule has 0 atom stereocenters. The summed E-state index contributed by atoms with van der Waals surface area (Å²) in [5, 5.41) is 1.53. The van der Waals surface area contributed by atoms with Gasteiger partial charge < -0.3 is 9.47 Å². The molecule has 0 spiro atoms. The van der Waals surface area contributed by atoms with Gasteiger partial charge in [0.05, 0.1) is 22.7 Å². The number of carbonyl (C=O) groups is 1. The monoisotopic (exact) mass is 358 g/mol. The van der Waals surface area contributed by atoms with Gasteiger partial charge in [-0.25, -0.2) is 4.98 Å². The molecule has 0 saturated heterocycles. The summed E-state index contributed by atoms with van der Waals surface area (Å²) in [6, 6.07) is 14.8. The molecule has 0 unspecified atom stereocenters. The van der Waals surface area contributed by atoms with E-state index in [1.807, 2.05) is 30.3 Å². The van der Waals surface area contributed by atoms with Crippen LogP contribution >= 0.6 is 0 Å². The minimum absolute atomic E-state index is 0.125. The largest absolute Gasteiger partial charge is 0.337 e. The summed E-state index contributed by atoms with van der Waals surface area (Å²) in [5.74, 6) is -0.125. The minimum Gasteiger partial charge on any atom is -0.337 e. The zero-order valence-electron chi connectivity index (χ0n) is 15.1. The van der Waals surface area contributed by atoms with E-state index in [0.29, 0.717) is 23.0 Å². The smallest absolute Gasteiger partial charge is 0.260 e. The first-order chi connectivity index (χ1) is 13.0. The molecule has 0 bridgehead atoms. The van der Waals surface area contributed by atoms with Crippen molar-refractivity contribution >= 4 is 27.7 Å². The molecule has 6 nitrogen and oxygen atoms in total. The molecule has 0 aliphatic heterocycles. The summed E-state index contributed by atoms with van der Waals surface area (Å²) in [6.07, 6.45) is 3.22. The summed E-state index contributed by atoms with van der Waals surface area (Å²) in [5.41, 5.74) is 2.83. The quantitative estimate of drug-likeness (QED) is 0.565. The zero-order chi connectivity index (χ0) is 19.0. The van der Waals surface area contributed by atoms with Crippen molar-refractivity contribution in [3.8, 4) is 0 Å². The molecule has 2 heterocycles. The van der Waals surface area contributed by atoms with Crippen LogP contribution in [-0.2, 0) is 13.6 Å². The number of aryl methyl sites for hydroxylation is 1. The third-order valence-electron chi connectivity index (χ3n) is 4.66. The van der Waals surface area contributed by atoms with Gasteiger partial charge in [0.15, 0.2) is 0 Å². The average molecular weight is 358 g/mol. The van der Waals surface area contributed by atoms with Crippen molar-refractivity contribution in [1.29, 1.82) is 0 Å². The molecule has 0 fully saturated rings. The highest BCUT2D eigenvalue weighted by atomic mass is 16.2. The molecule has 0 radical (unpaired) electrons. The van der Waals surface area contributed by atoms with Crippen molar-refractivity contribution in [2.24, 2.45) is 7.05 Å². The predicted octanol–water partition coefficient (Wildman–Crippen LogP) is 2.75. The molecule has 27 heavy (non-hydrogen) atoms. The molecule has 2 aromatic carbocycles. The normalized spacial score (nSPS) is 11.0. The molecule has 134 valence electrons. The van der Waals surface area contributed by atoms with Crippen LogP contribution in [0.5, 0.6) is 0 Å². The van der Waals surface area contributed by atoms with E-state index in [4.69, 9.17) is 0 Å². The van der Waals surface area contributed by atoms with Crippen molar-refractivity contribution in [2.75, 3.05) is 7.05 Å². The van der Waals surface area contributed by atoms with Crippen LogP contribution in [0.3, 0.4) is 0 Å². The second-order valence-electron chi connectivity index (χ2n) is 6.54. The Kier molecular flexibility index (Phi) is 4.16. The predicted molar refractivity (Wildman–Crippen MR) is 105 cm³/mol. The number of hydrogen-bond donors (Lipinski definition) is 0. The molecule has 0 aliphatic carbocycles. The van der Waals surface area contributed by atoms with Gasteiger partial charge in [-0.05, 0) is 35.9 Å². The third-order valence-corrected chi connectivity index (χ3v) is 4.66. The van der Waals surface area contributed by atoms with E-state index in [0.717, 1.165) is 16.5 Å². The fourth-order valence-electron chi connectivity index (χ4n) is 3.20. The molecule has 1 amide bonds. The topological polar surface area (TPSA) is 68.1 Å². The number of benzene rings is 2. The first-order valence-corrected chi connectivity index (χ1v) is 8.58. The van der Waals surface area contributed by atoms with E-state index in [1.165, 1.54) is 10.9 Å². The molecule has 0 saturated carbocycles. The maximum Gasteiger partial charge on any atom is 0.260 e. The standard InChI is InChI=1S/C21H18N4O2/c1-24(12-15-5-3-7-18-16(15)6-4-10-22-18)20(26)14-8-9-17-19(11-14)23-13-25(2)21(17)27/h3-11,13H,12H2,1-2H3.